The highest BCUT2D eigenvalue weighted by Gasteiger charge is 2.49. The molecule has 2 heterocycles. The Balaban J connectivity index is 1.78. The van der Waals surface area contributed by atoms with Gasteiger partial charge in [0.15, 0.2) is 0 Å². The molecule has 0 saturated carbocycles. The number of anilines is 1. The van der Waals surface area contributed by atoms with Crippen molar-refractivity contribution >= 4 is 29.4 Å². The molecule has 1 aromatic carbocycles. The van der Waals surface area contributed by atoms with Crippen LogP contribution in [0.2, 0.25) is 0 Å². The molecular formula is C16H15N5O6. The Morgan fingerprint density at radius 3 is 2.78 bits per heavy atom. The fourth-order valence-corrected chi connectivity index (χ4v) is 2.71. The molecule has 0 radical (unpaired) electrons. The van der Waals surface area contributed by atoms with Gasteiger partial charge in [0, 0.05) is 18.2 Å². The first-order valence-electron chi connectivity index (χ1n) is 7.83. The molecule has 1 fully saturated rings. The smallest absolute Gasteiger partial charge is 0.325 e. The molecule has 1 aromatic heterocycles. The maximum absolute atomic E-state index is 12.8. The fraction of sp³-hybridized carbons (Fsp3) is 0.250. The average molecular weight is 373 g/mol. The van der Waals surface area contributed by atoms with Crippen molar-refractivity contribution in [1.29, 1.82) is 0 Å². The zero-order valence-electron chi connectivity index (χ0n) is 14.4. The number of rotatable bonds is 5. The van der Waals surface area contributed by atoms with Gasteiger partial charge in [-0.05, 0) is 19.4 Å². The molecule has 11 heteroatoms. The summed E-state index contributed by atoms with van der Waals surface area (Å²) in [5.74, 6) is -1.26. The average Bonchev–Trinajstić information content (AvgIpc) is 3.11. The van der Waals surface area contributed by atoms with Crippen molar-refractivity contribution in [2.24, 2.45) is 0 Å². The lowest BCUT2D eigenvalue weighted by molar-refractivity contribution is -0.385. The van der Waals surface area contributed by atoms with Crippen molar-refractivity contribution in [2.45, 2.75) is 19.4 Å². The Morgan fingerprint density at radius 1 is 1.41 bits per heavy atom. The van der Waals surface area contributed by atoms with E-state index in [1.807, 2.05) is 0 Å². The van der Waals surface area contributed by atoms with Crippen LogP contribution in [-0.2, 0) is 15.1 Å². The molecule has 1 aliphatic rings. The number of carbonyl (C=O) groups is 3. The van der Waals surface area contributed by atoms with E-state index in [9.17, 15) is 24.5 Å². The summed E-state index contributed by atoms with van der Waals surface area (Å²) in [6, 6.07) is 6.10. The van der Waals surface area contributed by atoms with Gasteiger partial charge in [-0.1, -0.05) is 17.3 Å². The van der Waals surface area contributed by atoms with E-state index in [2.05, 4.69) is 15.8 Å². The van der Waals surface area contributed by atoms with Crippen LogP contribution in [0.1, 0.15) is 18.2 Å². The molecule has 2 N–H and O–H groups in total. The molecule has 3 rings (SSSR count). The minimum absolute atomic E-state index is 0.0889. The number of nitrogens with one attached hydrogen (secondary N) is 2. The number of non-ortho nitro benzene ring substituents is 1. The van der Waals surface area contributed by atoms with Gasteiger partial charge in [-0.15, -0.1) is 0 Å². The van der Waals surface area contributed by atoms with Crippen molar-refractivity contribution in [2.75, 3.05) is 11.9 Å². The summed E-state index contributed by atoms with van der Waals surface area (Å²) in [7, 11) is 0. The highest BCUT2D eigenvalue weighted by atomic mass is 16.6. The van der Waals surface area contributed by atoms with Crippen LogP contribution >= 0.6 is 0 Å². The lowest BCUT2D eigenvalue weighted by atomic mass is 9.91. The summed E-state index contributed by atoms with van der Waals surface area (Å²) in [5, 5.41) is 19.4. The first-order valence-corrected chi connectivity index (χ1v) is 7.83. The molecule has 1 aliphatic heterocycles. The van der Waals surface area contributed by atoms with Crippen molar-refractivity contribution in [3.05, 3.63) is 51.7 Å². The summed E-state index contributed by atoms with van der Waals surface area (Å²) in [6.07, 6.45) is 0. The van der Waals surface area contributed by atoms with Gasteiger partial charge in [0.05, 0.1) is 10.6 Å². The van der Waals surface area contributed by atoms with E-state index >= 15 is 0 Å². The monoisotopic (exact) mass is 373 g/mol. The van der Waals surface area contributed by atoms with Gasteiger partial charge >= 0.3 is 6.03 Å². The molecule has 0 bridgehead atoms. The number of hydrogen-bond donors (Lipinski definition) is 2. The summed E-state index contributed by atoms with van der Waals surface area (Å²) in [5.41, 5.74) is -0.943. The summed E-state index contributed by atoms with van der Waals surface area (Å²) in [6.45, 7) is 2.54. The second-order valence-corrected chi connectivity index (χ2v) is 6.13. The molecular weight excluding hydrogens is 358 g/mol. The number of amides is 4. The minimum atomic E-state index is -1.52. The van der Waals surface area contributed by atoms with Crippen LogP contribution in [0.4, 0.5) is 16.4 Å². The number of urea groups is 1. The number of nitrogens with zero attached hydrogens (tertiary/aromatic N) is 3. The Morgan fingerprint density at radius 2 is 2.15 bits per heavy atom. The van der Waals surface area contributed by atoms with Gasteiger partial charge < -0.3 is 9.84 Å². The van der Waals surface area contributed by atoms with E-state index in [-0.39, 0.29) is 17.1 Å². The maximum atomic E-state index is 12.8. The second-order valence-electron chi connectivity index (χ2n) is 6.13. The molecule has 2 aromatic rings. The number of aromatic nitrogens is 1. The van der Waals surface area contributed by atoms with Crippen LogP contribution in [0.3, 0.4) is 0 Å². The van der Waals surface area contributed by atoms with Crippen LogP contribution in [-0.4, -0.2) is 39.4 Å². The van der Waals surface area contributed by atoms with Crippen LogP contribution < -0.4 is 10.6 Å². The van der Waals surface area contributed by atoms with Gasteiger partial charge in [0.1, 0.15) is 12.1 Å². The molecule has 4 amide bonds. The van der Waals surface area contributed by atoms with Gasteiger partial charge in [-0.3, -0.25) is 29.9 Å². The van der Waals surface area contributed by atoms with Crippen molar-refractivity contribution < 1.29 is 23.8 Å². The van der Waals surface area contributed by atoms with Crippen LogP contribution in [0.15, 0.2) is 34.9 Å². The number of aryl methyl sites for hydroxylation is 1. The minimum Gasteiger partial charge on any atom is -0.338 e. The van der Waals surface area contributed by atoms with E-state index in [1.54, 1.807) is 6.92 Å². The molecule has 0 aliphatic carbocycles. The normalized spacial score (nSPS) is 19.1. The lowest BCUT2D eigenvalue weighted by Crippen LogP contribution is -2.42. The van der Waals surface area contributed by atoms with E-state index in [1.165, 1.54) is 37.3 Å². The quantitative estimate of drug-likeness (QED) is 0.456. The first-order chi connectivity index (χ1) is 12.7. The molecule has 27 heavy (non-hydrogen) atoms. The third kappa shape index (κ3) is 3.34. The first kappa shape index (κ1) is 18.0. The maximum Gasteiger partial charge on any atom is 0.325 e. The SMILES string of the molecule is Cc1cc(NC(=O)CN2C(=O)NC(C)(c3cccc([N+](=O)[O-])c3)C2=O)on1. The number of benzene rings is 1. The van der Waals surface area contributed by atoms with Crippen LogP contribution in [0, 0.1) is 17.0 Å². The van der Waals surface area contributed by atoms with E-state index in [4.69, 9.17) is 4.52 Å². The van der Waals surface area contributed by atoms with Gasteiger partial charge in [0.2, 0.25) is 11.8 Å². The standard InChI is InChI=1S/C16H15N5O6/c1-9-6-13(27-19-9)17-12(22)8-20-14(23)16(2,18-15(20)24)10-4-3-5-11(7-10)21(25)26/h3-7H,8H2,1-2H3,(H,17,22)(H,18,24). The Labute approximate surface area is 152 Å². The zero-order chi connectivity index (χ0) is 19.8. The predicted molar refractivity (Wildman–Crippen MR) is 90.6 cm³/mol. The molecule has 140 valence electrons. The van der Waals surface area contributed by atoms with Crippen molar-refractivity contribution in [3.8, 4) is 0 Å². The number of nitro groups is 1. The zero-order valence-corrected chi connectivity index (χ0v) is 14.4. The Bertz CT molecular complexity index is 954. The van der Waals surface area contributed by atoms with Crippen LogP contribution in [0.5, 0.6) is 0 Å². The number of carbonyl (C=O) groups excluding carboxylic acids is 3. The van der Waals surface area contributed by atoms with E-state index in [0.29, 0.717) is 5.69 Å². The second kappa shape index (κ2) is 6.52. The van der Waals surface area contributed by atoms with E-state index < -0.39 is 34.9 Å². The summed E-state index contributed by atoms with van der Waals surface area (Å²) < 4.78 is 4.85. The predicted octanol–water partition coefficient (Wildman–Crippen LogP) is 1.30. The Kier molecular flexibility index (Phi) is 4.35. The molecule has 1 unspecified atom stereocenters. The van der Waals surface area contributed by atoms with Crippen LogP contribution in [0.25, 0.3) is 0 Å². The van der Waals surface area contributed by atoms with E-state index in [0.717, 1.165) is 4.90 Å². The van der Waals surface area contributed by atoms with Crippen molar-refractivity contribution in [3.63, 3.8) is 0 Å². The van der Waals surface area contributed by atoms with Gasteiger partial charge in [-0.2, -0.15) is 0 Å². The van der Waals surface area contributed by atoms with Crippen molar-refractivity contribution in [1.82, 2.24) is 15.4 Å². The highest BCUT2D eigenvalue weighted by molar-refractivity contribution is 6.10. The molecule has 1 saturated heterocycles. The Hall–Kier alpha value is -3.76. The summed E-state index contributed by atoms with van der Waals surface area (Å²) >= 11 is 0. The summed E-state index contributed by atoms with van der Waals surface area (Å²) in [4.78, 5) is 48.2. The fourth-order valence-electron chi connectivity index (χ4n) is 2.71. The largest absolute Gasteiger partial charge is 0.338 e. The lowest BCUT2D eigenvalue weighted by Gasteiger charge is -2.21. The number of hydrogen-bond acceptors (Lipinski definition) is 7. The molecule has 0 spiro atoms. The highest BCUT2D eigenvalue weighted by Crippen LogP contribution is 2.30. The molecule has 1 atom stereocenters. The molecule has 11 nitrogen and oxygen atoms in total. The third-order valence-electron chi connectivity index (χ3n) is 4.10. The van der Waals surface area contributed by atoms with Gasteiger partial charge in [0.25, 0.3) is 11.6 Å². The third-order valence-corrected chi connectivity index (χ3v) is 4.10. The van der Waals surface area contributed by atoms with Gasteiger partial charge in [-0.25, -0.2) is 4.79 Å². The number of nitro benzene ring substituents is 1. The topological polar surface area (TPSA) is 148 Å². The number of imide groups is 1.